The first-order chi connectivity index (χ1) is 11.6. The smallest absolute Gasteiger partial charge is 0.225 e. The van der Waals surface area contributed by atoms with E-state index in [9.17, 15) is 4.79 Å². The summed E-state index contributed by atoms with van der Waals surface area (Å²) in [6.07, 6.45) is 0.195. The summed E-state index contributed by atoms with van der Waals surface area (Å²) in [5, 5.41) is 3.00. The Balaban J connectivity index is 2.14. The summed E-state index contributed by atoms with van der Waals surface area (Å²) >= 11 is 0. The minimum absolute atomic E-state index is 0.0650. The summed E-state index contributed by atoms with van der Waals surface area (Å²) in [6.45, 7) is 1.96. The standard InChI is InChI=1S/C19H23NO4/c1-13(14-8-6-5-7-9-14)20-17(21)12-15-10-11-16(22-2)19(24-4)18(15)23-3/h5-11,13H,12H2,1-4H3,(H,20,21)/t13-/m1/s1. The summed E-state index contributed by atoms with van der Waals surface area (Å²) in [7, 11) is 4.65. The van der Waals surface area contributed by atoms with E-state index in [1.54, 1.807) is 27.4 Å². The van der Waals surface area contributed by atoms with Crippen LogP contribution in [0.3, 0.4) is 0 Å². The van der Waals surface area contributed by atoms with Gasteiger partial charge >= 0.3 is 0 Å². The lowest BCUT2D eigenvalue weighted by Gasteiger charge is -2.17. The lowest BCUT2D eigenvalue weighted by Crippen LogP contribution is -2.28. The van der Waals surface area contributed by atoms with Crippen LogP contribution in [0.5, 0.6) is 17.2 Å². The number of benzene rings is 2. The van der Waals surface area contributed by atoms with Crippen LogP contribution in [-0.4, -0.2) is 27.2 Å². The van der Waals surface area contributed by atoms with Crippen molar-refractivity contribution in [3.8, 4) is 17.2 Å². The summed E-state index contributed by atoms with van der Waals surface area (Å²) in [5.41, 5.74) is 1.80. The Morgan fingerprint density at radius 1 is 0.958 bits per heavy atom. The fourth-order valence-electron chi connectivity index (χ4n) is 2.59. The van der Waals surface area contributed by atoms with E-state index in [0.29, 0.717) is 17.2 Å². The second-order valence-corrected chi connectivity index (χ2v) is 5.37. The summed E-state index contributed by atoms with van der Waals surface area (Å²) in [4.78, 5) is 12.4. The van der Waals surface area contributed by atoms with Gasteiger partial charge in [-0.2, -0.15) is 0 Å². The third-order valence-electron chi connectivity index (χ3n) is 3.81. The minimum Gasteiger partial charge on any atom is -0.493 e. The molecule has 2 aromatic carbocycles. The van der Waals surface area contributed by atoms with Crippen LogP contribution >= 0.6 is 0 Å². The molecule has 0 aromatic heterocycles. The summed E-state index contributed by atoms with van der Waals surface area (Å²) in [6, 6.07) is 13.4. The Morgan fingerprint density at radius 2 is 1.62 bits per heavy atom. The van der Waals surface area contributed by atoms with Gasteiger partial charge in [-0.25, -0.2) is 0 Å². The SMILES string of the molecule is COc1ccc(CC(=O)N[C@H](C)c2ccccc2)c(OC)c1OC. The normalized spacial score (nSPS) is 11.5. The predicted molar refractivity (Wildman–Crippen MR) is 92.8 cm³/mol. The number of carbonyl (C=O) groups excluding carboxylic acids is 1. The van der Waals surface area contributed by atoms with Gasteiger partial charge in [0.15, 0.2) is 11.5 Å². The van der Waals surface area contributed by atoms with E-state index in [4.69, 9.17) is 14.2 Å². The zero-order valence-electron chi connectivity index (χ0n) is 14.5. The maximum Gasteiger partial charge on any atom is 0.225 e. The zero-order chi connectivity index (χ0) is 17.5. The Morgan fingerprint density at radius 3 is 2.21 bits per heavy atom. The highest BCUT2D eigenvalue weighted by molar-refractivity contribution is 5.80. The Kier molecular flexibility index (Phi) is 6.07. The van der Waals surface area contributed by atoms with Gasteiger partial charge in [-0.1, -0.05) is 36.4 Å². The molecule has 24 heavy (non-hydrogen) atoms. The lowest BCUT2D eigenvalue weighted by atomic mass is 10.1. The highest BCUT2D eigenvalue weighted by atomic mass is 16.5. The second kappa shape index (κ2) is 8.24. The number of ether oxygens (including phenoxy) is 3. The van der Waals surface area contributed by atoms with E-state index in [0.717, 1.165) is 11.1 Å². The largest absolute Gasteiger partial charge is 0.493 e. The molecule has 0 aliphatic heterocycles. The predicted octanol–water partition coefficient (Wildman–Crippen LogP) is 3.13. The molecular weight excluding hydrogens is 306 g/mol. The van der Waals surface area contributed by atoms with E-state index < -0.39 is 0 Å². The van der Waals surface area contributed by atoms with Crippen molar-refractivity contribution in [1.82, 2.24) is 5.32 Å². The molecule has 0 unspecified atom stereocenters. The third kappa shape index (κ3) is 3.98. The van der Waals surface area contributed by atoms with Crippen LogP contribution in [-0.2, 0) is 11.2 Å². The fraction of sp³-hybridized carbons (Fsp3) is 0.316. The molecule has 0 saturated carbocycles. The van der Waals surface area contributed by atoms with Gasteiger partial charge in [-0.05, 0) is 18.6 Å². The molecule has 0 radical (unpaired) electrons. The molecule has 0 aliphatic rings. The molecule has 0 heterocycles. The molecule has 0 spiro atoms. The molecule has 2 rings (SSSR count). The average Bonchev–Trinajstić information content (AvgIpc) is 2.61. The first kappa shape index (κ1) is 17.7. The number of amides is 1. The highest BCUT2D eigenvalue weighted by Gasteiger charge is 2.18. The first-order valence-corrected chi connectivity index (χ1v) is 7.72. The van der Waals surface area contributed by atoms with Crippen LogP contribution in [0.1, 0.15) is 24.1 Å². The third-order valence-corrected chi connectivity index (χ3v) is 3.81. The summed E-state index contributed by atoms with van der Waals surface area (Å²) in [5.74, 6) is 1.48. The van der Waals surface area contributed by atoms with Gasteiger partial charge in [-0.15, -0.1) is 0 Å². The number of methoxy groups -OCH3 is 3. The van der Waals surface area contributed by atoms with Crippen LogP contribution in [0.2, 0.25) is 0 Å². The minimum atomic E-state index is -0.0862. The quantitative estimate of drug-likeness (QED) is 0.848. The summed E-state index contributed by atoms with van der Waals surface area (Å²) < 4.78 is 16.0. The van der Waals surface area contributed by atoms with E-state index in [1.807, 2.05) is 43.3 Å². The molecule has 0 saturated heterocycles. The molecular formula is C19H23NO4. The van der Waals surface area contributed by atoms with Gasteiger partial charge < -0.3 is 19.5 Å². The Labute approximate surface area is 142 Å². The molecule has 0 aliphatic carbocycles. The molecule has 5 heteroatoms. The average molecular weight is 329 g/mol. The van der Waals surface area contributed by atoms with Crippen molar-refractivity contribution < 1.29 is 19.0 Å². The zero-order valence-corrected chi connectivity index (χ0v) is 14.5. The molecule has 5 nitrogen and oxygen atoms in total. The van der Waals surface area contributed by atoms with Crippen molar-refractivity contribution in [2.45, 2.75) is 19.4 Å². The number of rotatable bonds is 7. The van der Waals surface area contributed by atoms with Crippen LogP contribution in [0.4, 0.5) is 0 Å². The van der Waals surface area contributed by atoms with Gasteiger partial charge in [0.2, 0.25) is 11.7 Å². The van der Waals surface area contributed by atoms with Gasteiger partial charge in [0.25, 0.3) is 0 Å². The molecule has 1 N–H and O–H groups in total. The Bertz CT molecular complexity index is 685. The maximum atomic E-state index is 12.4. The molecule has 128 valence electrons. The number of nitrogens with one attached hydrogen (secondary N) is 1. The van der Waals surface area contributed by atoms with Crippen molar-refractivity contribution in [2.75, 3.05) is 21.3 Å². The molecule has 0 fully saturated rings. The van der Waals surface area contributed by atoms with E-state index >= 15 is 0 Å². The van der Waals surface area contributed by atoms with Crippen molar-refractivity contribution in [3.05, 3.63) is 53.6 Å². The maximum absolute atomic E-state index is 12.4. The second-order valence-electron chi connectivity index (χ2n) is 5.37. The monoisotopic (exact) mass is 329 g/mol. The first-order valence-electron chi connectivity index (χ1n) is 7.72. The topological polar surface area (TPSA) is 56.8 Å². The molecule has 1 atom stereocenters. The van der Waals surface area contributed by atoms with Gasteiger partial charge in [-0.3, -0.25) is 4.79 Å². The van der Waals surface area contributed by atoms with Gasteiger partial charge in [0.05, 0.1) is 33.8 Å². The van der Waals surface area contributed by atoms with Crippen molar-refractivity contribution in [3.63, 3.8) is 0 Å². The number of hydrogen-bond donors (Lipinski definition) is 1. The van der Waals surface area contributed by atoms with Crippen LogP contribution in [0, 0.1) is 0 Å². The van der Waals surface area contributed by atoms with E-state index in [-0.39, 0.29) is 18.4 Å². The Hall–Kier alpha value is -2.69. The fourth-order valence-corrected chi connectivity index (χ4v) is 2.59. The van der Waals surface area contributed by atoms with Crippen molar-refractivity contribution in [1.29, 1.82) is 0 Å². The lowest BCUT2D eigenvalue weighted by molar-refractivity contribution is -0.121. The van der Waals surface area contributed by atoms with E-state index in [1.165, 1.54) is 0 Å². The van der Waals surface area contributed by atoms with E-state index in [2.05, 4.69) is 5.32 Å². The van der Waals surface area contributed by atoms with Crippen LogP contribution in [0.15, 0.2) is 42.5 Å². The molecule has 2 aromatic rings. The number of hydrogen-bond acceptors (Lipinski definition) is 4. The van der Waals surface area contributed by atoms with Crippen molar-refractivity contribution >= 4 is 5.91 Å². The van der Waals surface area contributed by atoms with Crippen molar-refractivity contribution in [2.24, 2.45) is 0 Å². The molecule has 1 amide bonds. The van der Waals surface area contributed by atoms with Crippen LogP contribution in [0.25, 0.3) is 0 Å². The molecule has 0 bridgehead atoms. The van der Waals surface area contributed by atoms with Gasteiger partial charge in [0.1, 0.15) is 0 Å². The number of carbonyl (C=O) groups is 1. The highest BCUT2D eigenvalue weighted by Crippen LogP contribution is 2.39. The van der Waals surface area contributed by atoms with Gasteiger partial charge in [0, 0.05) is 5.56 Å². The van der Waals surface area contributed by atoms with Crippen LogP contribution < -0.4 is 19.5 Å².